The van der Waals surface area contributed by atoms with Crippen molar-refractivity contribution in [2.45, 2.75) is 4.90 Å². The highest BCUT2D eigenvalue weighted by Crippen LogP contribution is 2.37. The Labute approximate surface area is 212 Å². The van der Waals surface area contributed by atoms with Crippen molar-refractivity contribution < 1.29 is 17.2 Å². The van der Waals surface area contributed by atoms with Crippen molar-refractivity contribution in [3.8, 4) is 17.2 Å². The Morgan fingerprint density at radius 1 is 1.00 bits per heavy atom. The summed E-state index contributed by atoms with van der Waals surface area (Å²) >= 11 is 0. The Morgan fingerprint density at radius 2 is 1.70 bits per heavy atom. The van der Waals surface area contributed by atoms with Crippen LogP contribution < -0.4 is 4.90 Å². The standard InChI is InChI=1S/C26H22F2N6O2S/c1-32-12-17-14-33(15-18(17)13-32)26-23(27)6-20(7-24(26)28)37(35,36)34-5-4-21-22(10-30-11-25(21)34)16-2-3-19(8-29)31-9-16/h2-7,9-11,17-18H,12-15H2,1H3. The minimum absolute atomic E-state index is 0.175. The van der Waals surface area contributed by atoms with E-state index >= 15 is 8.78 Å². The van der Waals surface area contributed by atoms with Crippen molar-refractivity contribution >= 4 is 26.6 Å². The van der Waals surface area contributed by atoms with E-state index in [9.17, 15) is 8.42 Å². The van der Waals surface area contributed by atoms with Gasteiger partial charge in [0.1, 0.15) is 17.5 Å². The average molecular weight is 521 g/mol. The molecule has 2 saturated heterocycles. The van der Waals surface area contributed by atoms with Crippen LogP contribution in [0.5, 0.6) is 0 Å². The van der Waals surface area contributed by atoms with Crippen LogP contribution in [0, 0.1) is 34.8 Å². The van der Waals surface area contributed by atoms with E-state index in [0.29, 0.717) is 41.4 Å². The molecule has 2 aliphatic heterocycles. The first-order valence-electron chi connectivity index (χ1n) is 11.8. The minimum atomic E-state index is -4.33. The number of hydrogen-bond donors (Lipinski definition) is 0. The molecular formula is C26H22F2N6O2S. The van der Waals surface area contributed by atoms with Crippen LogP contribution in [0.4, 0.5) is 14.5 Å². The van der Waals surface area contributed by atoms with E-state index in [4.69, 9.17) is 5.26 Å². The van der Waals surface area contributed by atoms with Gasteiger partial charge >= 0.3 is 0 Å². The molecule has 1 aromatic carbocycles. The third-order valence-corrected chi connectivity index (χ3v) is 8.97. The van der Waals surface area contributed by atoms with Gasteiger partial charge in [0.25, 0.3) is 10.0 Å². The van der Waals surface area contributed by atoms with Gasteiger partial charge in [-0.25, -0.2) is 26.2 Å². The fourth-order valence-corrected chi connectivity index (χ4v) is 6.97. The quantitative estimate of drug-likeness (QED) is 0.407. The topological polar surface area (TPSA) is 95.1 Å². The number of hydrogen-bond acceptors (Lipinski definition) is 7. The number of fused-ring (bicyclic) bond motifs is 2. The van der Waals surface area contributed by atoms with Gasteiger partial charge in [-0.15, -0.1) is 0 Å². The third-order valence-electron chi connectivity index (χ3n) is 7.30. The molecule has 4 aromatic rings. The maximum absolute atomic E-state index is 15.2. The molecule has 0 N–H and O–H groups in total. The van der Waals surface area contributed by atoms with Gasteiger partial charge in [-0.1, -0.05) is 0 Å². The third kappa shape index (κ3) is 3.84. The number of halogens is 2. The predicted molar refractivity (Wildman–Crippen MR) is 133 cm³/mol. The van der Waals surface area contributed by atoms with Crippen molar-refractivity contribution in [2.75, 3.05) is 38.1 Å². The summed E-state index contributed by atoms with van der Waals surface area (Å²) in [4.78, 5) is 11.7. The molecule has 188 valence electrons. The van der Waals surface area contributed by atoms with Gasteiger partial charge in [-0.2, -0.15) is 5.26 Å². The van der Waals surface area contributed by atoms with Crippen LogP contribution in [0.25, 0.3) is 22.0 Å². The lowest BCUT2D eigenvalue weighted by molar-refractivity contribution is 0.386. The molecule has 37 heavy (non-hydrogen) atoms. The van der Waals surface area contributed by atoms with E-state index in [2.05, 4.69) is 14.9 Å². The number of nitrogens with zero attached hydrogens (tertiary/aromatic N) is 6. The smallest absolute Gasteiger partial charge is 0.268 e. The lowest BCUT2D eigenvalue weighted by Gasteiger charge is -2.23. The highest BCUT2D eigenvalue weighted by atomic mass is 32.2. The fourth-order valence-electron chi connectivity index (χ4n) is 5.61. The molecule has 8 nitrogen and oxygen atoms in total. The van der Waals surface area contributed by atoms with E-state index in [-0.39, 0.29) is 16.9 Å². The summed E-state index contributed by atoms with van der Waals surface area (Å²) < 4.78 is 58.5. The van der Waals surface area contributed by atoms with Gasteiger partial charge in [-0.3, -0.25) is 4.98 Å². The number of rotatable bonds is 4. The number of anilines is 1. The number of benzene rings is 1. The van der Waals surface area contributed by atoms with Gasteiger partial charge in [0, 0.05) is 61.3 Å². The summed E-state index contributed by atoms with van der Waals surface area (Å²) in [5, 5.41) is 9.55. The zero-order valence-electron chi connectivity index (χ0n) is 19.8. The van der Waals surface area contributed by atoms with Crippen molar-refractivity contribution in [2.24, 2.45) is 11.8 Å². The molecule has 2 unspecified atom stereocenters. The maximum atomic E-state index is 15.2. The average Bonchev–Trinajstić information content (AvgIpc) is 3.56. The molecule has 2 fully saturated rings. The second-order valence-corrected chi connectivity index (χ2v) is 11.5. The van der Waals surface area contributed by atoms with E-state index in [0.717, 1.165) is 29.2 Å². The van der Waals surface area contributed by atoms with Crippen molar-refractivity contribution in [1.29, 1.82) is 5.26 Å². The normalized spacial score (nSPS) is 19.9. The molecule has 0 aliphatic carbocycles. The molecule has 0 radical (unpaired) electrons. The molecule has 3 aromatic heterocycles. The molecule has 2 atom stereocenters. The van der Waals surface area contributed by atoms with Crippen LogP contribution in [-0.4, -0.2) is 60.5 Å². The highest BCUT2D eigenvalue weighted by Gasteiger charge is 2.40. The Hall–Kier alpha value is -3.88. The number of aromatic nitrogens is 3. The van der Waals surface area contributed by atoms with E-state index in [1.807, 2.05) is 13.1 Å². The second-order valence-electron chi connectivity index (χ2n) is 9.66. The number of pyridine rings is 2. The number of likely N-dealkylation sites (tertiary alicyclic amines) is 1. The summed E-state index contributed by atoms with van der Waals surface area (Å²) in [6.45, 7) is 2.84. The van der Waals surface area contributed by atoms with Crippen LogP contribution in [0.2, 0.25) is 0 Å². The second kappa shape index (κ2) is 8.61. The van der Waals surface area contributed by atoms with Crippen molar-refractivity contribution in [3.05, 3.63) is 72.4 Å². The molecule has 5 heterocycles. The lowest BCUT2D eigenvalue weighted by Crippen LogP contribution is -2.28. The van der Waals surface area contributed by atoms with Crippen LogP contribution >= 0.6 is 0 Å². The summed E-state index contributed by atoms with van der Waals surface area (Å²) in [7, 11) is -2.29. The van der Waals surface area contributed by atoms with Crippen molar-refractivity contribution in [1.82, 2.24) is 18.8 Å². The maximum Gasteiger partial charge on any atom is 0.268 e. The first-order valence-corrected chi connectivity index (χ1v) is 13.2. The molecule has 0 amide bonds. The van der Waals surface area contributed by atoms with E-state index in [1.54, 1.807) is 29.3 Å². The number of nitriles is 1. The molecular weight excluding hydrogens is 498 g/mol. The van der Waals surface area contributed by atoms with Crippen LogP contribution in [0.3, 0.4) is 0 Å². The fraction of sp³-hybridized carbons (Fsp3) is 0.269. The summed E-state index contributed by atoms with van der Waals surface area (Å²) in [5.41, 5.74) is 1.59. The zero-order valence-corrected chi connectivity index (χ0v) is 20.7. The molecule has 0 bridgehead atoms. The van der Waals surface area contributed by atoms with Gasteiger partial charge in [0.2, 0.25) is 0 Å². The van der Waals surface area contributed by atoms with E-state index in [1.165, 1.54) is 18.6 Å². The summed E-state index contributed by atoms with van der Waals surface area (Å²) in [5.74, 6) is -1.12. The highest BCUT2D eigenvalue weighted by molar-refractivity contribution is 7.90. The Kier molecular flexibility index (Phi) is 5.47. The largest absolute Gasteiger partial charge is 0.366 e. The Bertz CT molecular complexity index is 1640. The summed E-state index contributed by atoms with van der Waals surface area (Å²) in [6, 6.07) is 8.59. The van der Waals surface area contributed by atoms with Crippen LogP contribution in [-0.2, 0) is 10.0 Å². The van der Waals surface area contributed by atoms with Gasteiger partial charge in [0.15, 0.2) is 11.6 Å². The van der Waals surface area contributed by atoms with Gasteiger partial charge in [0.05, 0.1) is 16.6 Å². The van der Waals surface area contributed by atoms with Gasteiger partial charge in [-0.05, 0) is 49.2 Å². The van der Waals surface area contributed by atoms with Crippen molar-refractivity contribution in [3.63, 3.8) is 0 Å². The van der Waals surface area contributed by atoms with Crippen LogP contribution in [0.15, 0.2) is 60.0 Å². The minimum Gasteiger partial charge on any atom is -0.366 e. The summed E-state index contributed by atoms with van der Waals surface area (Å²) in [6.07, 6.45) is 5.80. The molecule has 6 rings (SSSR count). The Morgan fingerprint density at radius 3 is 2.32 bits per heavy atom. The SMILES string of the molecule is CN1CC2CN(c3c(F)cc(S(=O)(=O)n4ccc5c(-c6ccc(C#N)nc6)cncc54)cc3F)CC2C1. The molecule has 2 aliphatic rings. The predicted octanol–water partition coefficient (Wildman–Crippen LogP) is 3.48. The molecule has 0 spiro atoms. The van der Waals surface area contributed by atoms with Gasteiger partial charge < -0.3 is 9.80 Å². The van der Waals surface area contributed by atoms with Crippen LogP contribution in [0.1, 0.15) is 5.69 Å². The first-order chi connectivity index (χ1) is 17.8. The first kappa shape index (κ1) is 23.5. The molecule has 0 saturated carbocycles. The monoisotopic (exact) mass is 520 g/mol. The Balaban J connectivity index is 1.36. The van der Waals surface area contributed by atoms with E-state index < -0.39 is 26.6 Å². The zero-order chi connectivity index (χ0) is 25.9. The molecule has 11 heteroatoms. The lowest BCUT2D eigenvalue weighted by atomic mass is 10.0.